The summed E-state index contributed by atoms with van der Waals surface area (Å²) in [6.07, 6.45) is 8.03. The minimum Gasteiger partial charge on any atom is -0.302 e. The molecule has 14 heavy (non-hydrogen) atoms. The van der Waals surface area contributed by atoms with E-state index in [4.69, 9.17) is 0 Å². The minimum absolute atomic E-state index is 0.234. The van der Waals surface area contributed by atoms with Gasteiger partial charge in [0.15, 0.2) is 0 Å². The SMILES string of the molecule is CCN1CC2(CCC23CC3)C[C@H]1C=O. The predicted molar refractivity (Wildman–Crippen MR) is 55.1 cm³/mol. The maximum atomic E-state index is 11.0. The van der Waals surface area contributed by atoms with Crippen molar-refractivity contribution in [2.75, 3.05) is 13.1 Å². The second kappa shape index (κ2) is 2.60. The highest BCUT2D eigenvalue weighted by molar-refractivity contribution is 5.59. The van der Waals surface area contributed by atoms with Gasteiger partial charge in [-0.3, -0.25) is 4.90 Å². The van der Waals surface area contributed by atoms with Crippen LogP contribution in [0.15, 0.2) is 0 Å². The lowest BCUT2D eigenvalue weighted by atomic mass is 9.56. The average Bonchev–Trinajstić information content (AvgIpc) is 2.94. The van der Waals surface area contributed by atoms with Gasteiger partial charge in [-0.05, 0) is 49.5 Å². The molecule has 3 fully saturated rings. The van der Waals surface area contributed by atoms with Crippen LogP contribution in [-0.4, -0.2) is 30.3 Å². The molecule has 78 valence electrons. The first-order valence-electron chi connectivity index (χ1n) is 5.95. The summed E-state index contributed by atoms with van der Waals surface area (Å²) < 4.78 is 0. The van der Waals surface area contributed by atoms with Crippen LogP contribution in [0.2, 0.25) is 0 Å². The van der Waals surface area contributed by atoms with Crippen LogP contribution < -0.4 is 0 Å². The van der Waals surface area contributed by atoms with Gasteiger partial charge in [0.2, 0.25) is 0 Å². The number of rotatable bonds is 2. The van der Waals surface area contributed by atoms with Crippen molar-refractivity contribution in [2.45, 2.75) is 45.1 Å². The van der Waals surface area contributed by atoms with Crippen molar-refractivity contribution in [2.24, 2.45) is 10.8 Å². The Kier molecular flexibility index (Phi) is 1.65. The number of likely N-dealkylation sites (N-methyl/N-ethyl adjacent to an activating group) is 1. The van der Waals surface area contributed by atoms with Gasteiger partial charge in [-0.2, -0.15) is 0 Å². The first-order chi connectivity index (χ1) is 6.75. The highest BCUT2D eigenvalue weighted by atomic mass is 16.1. The van der Waals surface area contributed by atoms with Crippen molar-refractivity contribution in [3.63, 3.8) is 0 Å². The van der Waals surface area contributed by atoms with E-state index in [0.29, 0.717) is 10.8 Å². The monoisotopic (exact) mass is 193 g/mol. The molecule has 2 nitrogen and oxygen atoms in total. The highest BCUT2D eigenvalue weighted by Crippen LogP contribution is 2.74. The quantitative estimate of drug-likeness (QED) is 0.624. The van der Waals surface area contributed by atoms with E-state index >= 15 is 0 Å². The molecule has 0 aromatic heterocycles. The molecular weight excluding hydrogens is 174 g/mol. The number of likely N-dealkylation sites (tertiary alicyclic amines) is 1. The Hall–Kier alpha value is -0.370. The van der Waals surface area contributed by atoms with Crippen molar-refractivity contribution in [1.29, 1.82) is 0 Å². The first-order valence-corrected chi connectivity index (χ1v) is 5.95. The normalized spacial score (nSPS) is 44.2. The van der Waals surface area contributed by atoms with Crippen molar-refractivity contribution < 1.29 is 4.79 Å². The smallest absolute Gasteiger partial charge is 0.137 e. The van der Waals surface area contributed by atoms with Crippen molar-refractivity contribution in [3.05, 3.63) is 0 Å². The molecular formula is C12H19NO. The Morgan fingerprint density at radius 2 is 1.93 bits per heavy atom. The first kappa shape index (κ1) is 8.90. The number of hydrogen-bond acceptors (Lipinski definition) is 2. The predicted octanol–water partition coefficient (Wildman–Crippen LogP) is 1.84. The number of hydrogen-bond donors (Lipinski definition) is 0. The fourth-order valence-corrected chi connectivity index (χ4v) is 3.91. The number of nitrogens with zero attached hydrogens (tertiary/aromatic N) is 1. The topological polar surface area (TPSA) is 20.3 Å². The number of aldehydes is 1. The molecule has 2 heteroatoms. The van der Waals surface area contributed by atoms with Crippen LogP contribution >= 0.6 is 0 Å². The maximum absolute atomic E-state index is 11.0. The number of carbonyl (C=O) groups is 1. The summed E-state index contributed by atoms with van der Waals surface area (Å²) in [5, 5.41) is 0. The molecule has 0 amide bonds. The van der Waals surface area contributed by atoms with Crippen LogP contribution in [-0.2, 0) is 4.79 Å². The van der Waals surface area contributed by atoms with Gasteiger partial charge in [0.1, 0.15) is 6.29 Å². The Morgan fingerprint density at radius 3 is 2.29 bits per heavy atom. The molecule has 2 saturated carbocycles. The highest BCUT2D eigenvalue weighted by Gasteiger charge is 2.68. The van der Waals surface area contributed by atoms with Crippen molar-refractivity contribution >= 4 is 6.29 Å². The van der Waals surface area contributed by atoms with E-state index in [1.54, 1.807) is 0 Å². The zero-order valence-corrected chi connectivity index (χ0v) is 8.96. The van der Waals surface area contributed by atoms with Crippen LogP contribution in [0.1, 0.15) is 39.0 Å². The largest absolute Gasteiger partial charge is 0.302 e. The average molecular weight is 193 g/mol. The Bertz CT molecular complexity index is 271. The molecule has 0 radical (unpaired) electrons. The minimum atomic E-state index is 0.234. The van der Waals surface area contributed by atoms with E-state index in [0.717, 1.165) is 13.0 Å². The molecule has 2 atom stereocenters. The molecule has 3 aliphatic rings. The van der Waals surface area contributed by atoms with Gasteiger partial charge in [0, 0.05) is 6.54 Å². The molecule has 1 aliphatic heterocycles. The molecule has 1 heterocycles. The third kappa shape index (κ3) is 0.881. The summed E-state index contributed by atoms with van der Waals surface area (Å²) in [5.41, 5.74) is 1.27. The number of carbonyl (C=O) groups excluding carboxylic acids is 1. The van der Waals surface area contributed by atoms with Gasteiger partial charge >= 0.3 is 0 Å². The molecule has 0 N–H and O–H groups in total. The van der Waals surface area contributed by atoms with Gasteiger partial charge in [-0.1, -0.05) is 6.92 Å². The van der Waals surface area contributed by atoms with Crippen LogP contribution in [0, 0.1) is 10.8 Å². The fourth-order valence-electron chi connectivity index (χ4n) is 3.91. The van der Waals surface area contributed by atoms with Crippen LogP contribution in [0.5, 0.6) is 0 Å². The van der Waals surface area contributed by atoms with Gasteiger partial charge in [0.05, 0.1) is 6.04 Å². The zero-order valence-electron chi connectivity index (χ0n) is 8.96. The van der Waals surface area contributed by atoms with Crippen molar-refractivity contribution in [3.8, 4) is 0 Å². The van der Waals surface area contributed by atoms with E-state index in [9.17, 15) is 4.79 Å². The summed E-state index contributed by atoms with van der Waals surface area (Å²) in [5.74, 6) is 0. The van der Waals surface area contributed by atoms with E-state index in [1.807, 2.05) is 0 Å². The second-order valence-electron chi connectivity index (χ2n) is 5.53. The third-order valence-corrected chi connectivity index (χ3v) is 5.20. The van der Waals surface area contributed by atoms with E-state index in [1.165, 1.54) is 38.5 Å². The van der Waals surface area contributed by atoms with Crippen LogP contribution in [0.3, 0.4) is 0 Å². The van der Waals surface area contributed by atoms with Gasteiger partial charge in [-0.25, -0.2) is 0 Å². The van der Waals surface area contributed by atoms with E-state index in [2.05, 4.69) is 11.8 Å². The molecule has 2 spiro atoms. The van der Waals surface area contributed by atoms with Crippen LogP contribution in [0.25, 0.3) is 0 Å². The summed E-state index contributed by atoms with van der Waals surface area (Å²) in [4.78, 5) is 13.4. The summed E-state index contributed by atoms with van der Waals surface area (Å²) in [6, 6.07) is 0.234. The van der Waals surface area contributed by atoms with E-state index < -0.39 is 0 Å². The molecule has 1 unspecified atom stereocenters. The standard InChI is InChI=1S/C12H19NO/c1-2-13-9-12(7-10(13)8-14)6-5-11(12)3-4-11/h8,10H,2-7,9H2,1H3/t10-,12?/m0/s1. The fraction of sp³-hybridized carbons (Fsp3) is 0.917. The Labute approximate surface area is 85.7 Å². The summed E-state index contributed by atoms with van der Waals surface area (Å²) >= 11 is 0. The van der Waals surface area contributed by atoms with Crippen LogP contribution in [0.4, 0.5) is 0 Å². The zero-order chi connectivity index (χ0) is 9.81. The molecule has 1 saturated heterocycles. The molecule has 3 rings (SSSR count). The lowest BCUT2D eigenvalue weighted by Gasteiger charge is -2.48. The summed E-state index contributed by atoms with van der Waals surface area (Å²) in [6.45, 7) is 4.42. The molecule has 0 aromatic rings. The van der Waals surface area contributed by atoms with Gasteiger partial charge in [0.25, 0.3) is 0 Å². The molecule has 2 aliphatic carbocycles. The lowest BCUT2D eigenvalue weighted by molar-refractivity contribution is -0.111. The molecule has 0 bridgehead atoms. The summed E-state index contributed by atoms with van der Waals surface area (Å²) in [7, 11) is 0. The van der Waals surface area contributed by atoms with Crippen molar-refractivity contribution in [1.82, 2.24) is 4.90 Å². The Balaban J connectivity index is 1.81. The number of fused-ring (bicyclic) bond motifs is 1. The Morgan fingerprint density at radius 1 is 1.29 bits per heavy atom. The van der Waals surface area contributed by atoms with E-state index in [-0.39, 0.29) is 6.04 Å². The second-order valence-corrected chi connectivity index (χ2v) is 5.53. The van der Waals surface area contributed by atoms with Gasteiger partial charge < -0.3 is 4.79 Å². The third-order valence-electron chi connectivity index (χ3n) is 5.20. The molecule has 0 aromatic carbocycles. The maximum Gasteiger partial charge on any atom is 0.137 e. The van der Waals surface area contributed by atoms with Gasteiger partial charge in [-0.15, -0.1) is 0 Å². The lowest BCUT2D eigenvalue weighted by Crippen LogP contribution is -2.44.